The Hall–Kier alpha value is -2.62. The first-order valence-corrected chi connectivity index (χ1v) is 7.43. The summed E-state index contributed by atoms with van der Waals surface area (Å²) < 4.78 is 10.5. The summed E-state index contributed by atoms with van der Waals surface area (Å²) in [4.78, 5) is 24.1. The van der Waals surface area contributed by atoms with Crippen molar-refractivity contribution in [1.29, 1.82) is 0 Å². The van der Waals surface area contributed by atoms with Crippen molar-refractivity contribution in [2.45, 2.75) is 33.8 Å². The van der Waals surface area contributed by atoms with Crippen LogP contribution >= 0.6 is 0 Å². The van der Waals surface area contributed by atoms with E-state index in [4.69, 9.17) is 9.15 Å². The van der Waals surface area contributed by atoms with Crippen molar-refractivity contribution >= 4 is 17.8 Å². The summed E-state index contributed by atoms with van der Waals surface area (Å²) in [7, 11) is 0. The molecule has 0 aliphatic carbocycles. The molecule has 0 aliphatic rings. The van der Waals surface area contributed by atoms with Crippen LogP contribution in [0.25, 0.3) is 6.08 Å². The molecule has 0 aliphatic heterocycles. The van der Waals surface area contributed by atoms with E-state index in [2.05, 4.69) is 0 Å². The molecule has 1 unspecified atom stereocenters. The van der Waals surface area contributed by atoms with Crippen LogP contribution in [0.5, 0.6) is 0 Å². The lowest BCUT2D eigenvalue weighted by Gasteiger charge is -2.11. The predicted octanol–water partition coefficient (Wildman–Crippen LogP) is 4.03. The van der Waals surface area contributed by atoms with Gasteiger partial charge in [-0.1, -0.05) is 12.1 Å². The molecule has 0 saturated carbocycles. The summed E-state index contributed by atoms with van der Waals surface area (Å²) in [5.41, 5.74) is 2.68. The van der Waals surface area contributed by atoms with Gasteiger partial charge in [-0.25, -0.2) is 4.79 Å². The first-order chi connectivity index (χ1) is 10.9. The minimum absolute atomic E-state index is 0.219. The summed E-state index contributed by atoms with van der Waals surface area (Å²) in [5, 5.41) is 0. The Morgan fingerprint density at radius 3 is 2.43 bits per heavy atom. The largest absolute Gasteiger partial charge is 0.462 e. The van der Waals surface area contributed by atoms with Gasteiger partial charge < -0.3 is 9.15 Å². The minimum atomic E-state index is -0.840. The molecule has 120 valence electrons. The van der Waals surface area contributed by atoms with Crippen LogP contribution < -0.4 is 0 Å². The number of ketones is 1. The molecule has 0 spiro atoms. The quantitative estimate of drug-likeness (QED) is 0.475. The third-order valence-corrected chi connectivity index (χ3v) is 3.60. The Bertz CT molecular complexity index is 752. The fourth-order valence-corrected chi connectivity index (χ4v) is 2.09. The zero-order valence-electron chi connectivity index (χ0n) is 13.8. The Morgan fingerprint density at radius 2 is 1.83 bits per heavy atom. The molecule has 23 heavy (non-hydrogen) atoms. The number of benzene rings is 1. The van der Waals surface area contributed by atoms with E-state index < -0.39 is 12.1 Å². The molecule has 0 bridgehead atoms. The molecule has 0 amide bonds. The van der Waals surface area contributed by atoms with Gasteiger partial charge in [0.15, 0.2) is 6.10 Å². The first-order valence-electron chi connectivity index (χ1n) is 7.43. The maximum absolute atomic E-state index is 12.3. The van der Waals surface area contributed by atoms with Gasteiger partial charge in [0.05, 0.1) is 0 Å². The van der Waals surface area contributed by atoms with Gasteiger partial charge in [0.1, 0.15) is 11.5 Å². The maximum atomic E-state index is 12.3. The average molecular weight is 312 g/mol. The van der Waals surface area contributed by atoms with Crippen LogP contribution in [0.1, 0.15) is 39.9 Å². The zero-order chi connectivity index (χ0) is 17.0. The highest BCUT2D eigenvalue weighted by molar-refractivity contribution is 6.01. The second kappa shape index (κ2) is 7.09. The highest BCUT2D eigenvalue weighted by Crippen LogP contribution is 2.13. The van der Waals surface area contributed by atoms with Crippen LogP contribution in [0.2, 0.25) is 0 Å². The van der Waals surface area contributed by atoms with E-state index in [0.717, 1.165) is 16.9 Å². The van der Waals surface area contributed by atoms with Crippen LogP contribution in [0.15, 0.2) is 40.8 Å². The summed E-state index contributed by atoms with van der Waals surface area (Å²) >= 11 is 0. The van der Waals surface area contributed by atoms with Crippen molar-refractivity contribution in [3.8, 4) is 0 Å². The van der Waals surface area contributed by atoms with Crippen LogP contribution in [0, 0.1) is 20.8 Å². The molecular formula is C19H20O4. The van der Waals surface area contributed by atoms with Crippen LogP contribution in [-0.4, -0.2) is 17.9 Å². The fourth-order valence-electron chi connectivity index (χ4n) is 2.09. The number of ether oxygens (including phenoxy) is 1. The third kappa shape index (κ3) is 4.42. The number of hydrogen-bond acceptors (Lipinski definition) is 4. The maximum Gasteiger partial charge on any atom is 0.331 e. The van der Waals surface area contributed by atoms with Crippen molar-refractivity contribution < 1.29 is 18.7 Å². The fraction of sp³-hybridized carbons (Fsp3) is 0.263. The lowest BCUT2D eigenvalue weighted by molar-refractivity contribution is -0.140. The first kappa shape index (κ1) is 16.7. The molecular weight excluding hydrogens is 292 g/mol. The van der Waals surface area contributed by atoms with E-state index in [0.29, 0.717) is 11.3 Å². The average Bonchev–Trinajstić information content (AvgIpc) is 2.93. The molecule has 2 aromatic rings. The van der Waals surface area contributed by atoms with E-state index in [-0.39, 0.29) is 5.78 Å². The van der Waals surface area contributed by atoms with Gasteiger partial charge in [0.2, 0.25) is 5.78 Å². The molecule has 2 rings (SSSR count). The lowest BCUT2D eigenvalue weighted by Crippen LogP contribution is -2.23. The number of esters is 1. The number of furan rings is 1. The molecule has 4 nitrogen and oxygen atoms in total. The summed E-state index contributed by atoms with van der Waals surface area (Å²) in [6.07, 6.45) is 1.93. The molecule has 1 heterocycles. The second-order valence-corrected chi connectivity index (χ2v) is 5.52. The predicted molar refractivity (Wildman–Crippen MR) is 88.3 cm³/mol. The highest BCUT2D eigenvalue weighted by atomic mass is 16.5. The number of Topliss-reactive ketones (excluding diaryl/α,β-unsaturated/α-hetero) is 1. The van der Waals surface area contributed by atoms with E-state index in [1.165, 1.54) is 12.2 Å². The Labute approximate surface area is 135 Å². The van der Waals surface area contributed by atoms with Gasteiger partial charge in [-0.15, -0.1) is 0 Å². The van der Waals surface area contributed by atoms with Gasteiger partial charge in [0.25, 0.3) is 0 Å². The molecule has 0 saturated heterocycles. The topological polar surface area (TPSA) is 56.5 Å². The third-order valence-electron chi connectivity index (χ3n) is 3.60. The molecule has 0 fully saturated rings. The van der Waals surface area contributed by atoms with E-state index >= 15 is 0 Å². The second-order valence-electron chi connectivity index (χ2n) is 5.52. The number of hydrogen-bond donors (Lipinski definition) is 0. The van der Waals surface area contributed by atoms with Crippen molar-refractivity contribution in [2.75, 3.05) is 0 Å². The molecule has 0 radical (unpaired) electrons. The highest BCUT2D eigenvalue weighted by Gasteiger charge is 2.18. The van der Waals surface area contributed by atoms with Gasteiger partial charge in [-0.3, -0.25) is 4.79 Å². The number of carbonyl (C=O) groups excluding carboxylic acids is 2. The van der Waals surface area contributed by atoms with Crippen molar-refractivity contribution in [3.63, 3.8) is 0 Å². The summed E-state index contributed by atoms with van der Waals surface area (Å²) in [6.45, 7) is 7.31. The van der Waals surface area contributed by atoms with Crippen LogP contribution in [0.4, 0.5) is 0 Å². The number of rotatable bonds is 5. The monoisotopic (exact) mass is 312 g/mol. The SMILES string of the molecule is Cc1ccc(C=CC(=O)OC(C)C(=O)c2ccc(C)c(C)c2)o1. The normalized spacial score (nSPS) is 12.3. The Morgan fingerprint density at radius 1 is 1.09 bits per heavy atom. The molecule has 1 aromatic carbocycles. The van der Waals surface area contributed by atoms with Crippen molar-refractivity contribution in [1.82, 2.24) is 0 Å². The van der Waals surface area contributed by atoms with Crippen molar-refractivity contribution in [2.24, 2.45) is 0 Å². The Balaban J connectivity index is 1.98. The molecule has 1 atom stereocenters. The van der Waals surface area contributed by atoms with Crippen molar-refractivity contribution in [3.05, 3.63) is 64.6 Å². The van der Waals surface area contributed by atoms with Crippen LogP contribution in [0.3, 0.4) is 0 Å². The Kier molecular flexibility index (Phi) is 5.16. The van der Waals surface area contributed by atoms with E-state index in [9.17, 15) is 9.59 Å². The number of aryl methyl sites for hydroxylation is 3. The van der Waals surface area contributed by atoms with E-state index in [1.807, 2.05) is 32.9 Å². The molecule has 0 N–H and O–H groups in total. The van der Waals surface area contributed by atoms with Gasteiger partial charge >= 0.3 is 5.97 Å². The minimum Gasteiger partial charge on any atom is -0.462 e. The zero-order valence-corrected chi connectivity index (χ0v) is 13.8. The van der Waals surface area contributed by atoms with E-state index in [1.54, 1.807) is 25.1 Å². The van der Waals surface area contributed by atoms with Gasteiger partial charge in [-0.05, 0) is 63.1 Å². The number of carbonyl (C=O) groups is 2. The lowest BCUT2D eigenvalue weighted by atomic mass is 10.0. The van der Waals surface area contributed by atoms with Gasteiger partial charge in [-0.2, -0.15) is 0 Å². The van der Waals surface area contributed by atoms with Crippen LogP contribution in [-0.2, 0) is 9.53 Å². The smallest absolute Gasteiger partial charge is 0.331 e. The standard InChI is InChI=1S/C19H20O4/c1-12-5-7-16(11-13(12)2)19(21)15(4)23-18(20)10-9-17-8-6-14(3)22-17/h5-11,15H,1-4H3. The molecule has 1 aromatic heterocycles. The summed E-state index contributed by atoms with van der Waals surface area (Å²) in [5.74, 6) is 0.524. The molecule has 4 heteroatoms. The van der Waals surface area contributed by atoms with Gasteiger partial charge in [0, 0.05) is 11.6 Å². The summed E-state index contributed by atoms with van der Waals surface area (Å²) in [6, 6.07) is 9.00.